The highest BCUT2D eigenvalue weighted by Crippen LogP contribution is 2.30. The molecule has 0 aliphatic carbocycles. The molecule has 33 heavy (non-hydrogen) atoms. The van der Waals surface area contributed by atoms with Crippen molar-refractivity contribution in [2.24, 2.45) is 0 Å². The van der Waals surface area contributed by atoms with E-state index in [0.717, 1.165) is 5.56 Å². The Kier molecular flexibility index (Phi) is 7.45. The minimum absolute atomic E-state index is 0.0585. The number of carbonyl (C=O) groups excluding carboxylic acids is 1. The van der Waals surface area contributed by atoms with Gasteiger partial charge in [-0.05, 0) is 60.5 Å². The number of amides is 1. The fourth-order valence-electron chi connectivity index (χ4n) is 3.00. The molecule has 0 saturated heterocycles. The van der Waals surface area contributed by atoms with Crippen LogP contribution in [-0.2, 0) is 11.4 Å². The Morgan fingerprint density at radius 2 is 1.82 bits per heavy atom. The van der Waals surface area contributed by atoms with Crippen molar-refractivity contribution in [3.8, 4) is 17.6 Å². The molecule has 3 aromatic carbocycles. The van der Waals surface area contributed by atoms with Gasteiger partial charge in [0, 0.05) is 5.69 Å². The van der Waals surface area contributed by atoms with Crippen LogP contribution in [0.3, 0.4) is 0 Å². The van der Waals surface area contributed by atoms with Gasteiger partial charge in [-0.3, -0.25) is 4.79 Å². The van der Waals surface area contributed by atoms with Gasteiger partial charge < -0.3 is 19.9 Å². The minimum Gasteiger partial charge on any atom is -0.493 e. The third-order valence-electron chi connectivity index (χ3n) is 4.74. The van der Waals surface area contributed by atoms with Crippen LogP contribution in [0.2, 0.25) is 0 Å². The van der Waals surface area contributed by atoms with E-state index >= 15 is 0 Å². The van der Waals surface area contributed by atoms with Crippen LogP contribution in [0.25, 0.3) is 6.08 Å². The second-order valence-electron chi connectivity index (χ2n) is 7.19. The Hall–Kier alpha value is -4.57. The maximum absolute atomic E-state index is 12.5. The van der Waals surface area contributed by atoms with Crippen molar-refractivity contribution < 1.29 is 24.2 Å². The molecule has 0 unspecified atom stereocenters. The first-order valence-electron chi connectivity index (χ1n) is 10.0. The number of hydrogen-bond acceptors (Lipinski definition) is 5. The van der Waals surface area contributed by atoms with Gasteiger partial charge in [0.1, 0.15) is 18.2 Å². The number of benzene rings is 3. The Balaban J connectivity index is 1.74. The van der Waals surface area contributed by atoms with Crippen LogP contribution in [0.5, 0.6) is 11.5 Å². The van der Waals surface area contributed by atoms with Gasteiger partial charge in [-0.2, -0.15) is 5.26 Å². The van der Waals surface area contributed by atoms with Crippen LogP contribution in [0.4, 0.5) is 5.69 Å². The summed E-state index contributed by atoms with van der Waals surface area (Å²) >= 11 is 0. The van der Waals surface area contributed by atoms with E-state index in [1.54, 1.807) is 42.5 Å². The van der Waals surface area contributed by atoms with Gasteiger partial charge in [0.25, 0.3) is 5.91 Å². The predicted octanol–water partition coefficient (Wildman–Crippen LogP) is 4.83. The second-order valence-corrected chi connectivity index (χ2v) is 7.19. The van der Waals surface area contributed by atoms with Crippen molar-refractivity contribution in [3.63, 3.8) is 0 Å². The fourth-order valence-corrected chi connectivity index (χ4v) is 3.00. The summed E-state index contributed by atoms with van der Waals surface area (Å²) in [5.74, 6) is -0.670. The van der Waals surface area contributed by atoms with Gasteiger partial charge in [-0.15, -0.1) is 0 Å². The monoisotopic (exact) mass is 442 g/mol. The lowest BCUT2D eigenvalue weighted by Crippen LogP contribution is -2.13. The summed E-state index contributed by atoms with van der Waals surface area (Å²) in [4.78, 5) is 23.6. The molecule has 0 aromatic heterocycles. The molecule has 2 N–H and O–H groups in total. The van der Waals surface area contributed by atoms with E-state index in [-0.39, 0.29) is 17.7 Å². The number of hydrogen-bond donors (Lipinski definition) is 2. The zero-order chi connectivity index (χ0) is 23.8. The predicted molar refractivity (Wildman–Crippen MR) is 124 cm³/mol. The number of aryl methyl sites for hydroxylation is 1. The molecule has 0 atom stereocenters. The smallest absolute Gasteiger partial charge is 0.335 e. The molecule has 3 rings (SSSR count). The average Bonchev–Trinajstić information content (AvgIpc) is 2.83. The van der Waals surface area contributed by atoms with Crippen molar-refractivity contribution in [3.05, 3.63) is 94.6 Å². The molecule has 0 heterocycles. The van der Waals surface area contributed by atoms with Crippen molar-refractivity contribution in [1.82, 2.24) is 0 Å². The molecule has 7 nitrogen and oxygen atoms in total. The largest absolute Gasteiger partial charge is 0.493 e. The molecule has 166 valence electrons. The highest BCUT2D eigenvalue weighted by Gasteiger charge is 2.12. The molecule has 0 spiro atoms. The molecule has 3 aromatic rings. The average molecular weight is 442 g/mol. The van der Waals surface area contributed by atoms with Crippen LogP contribution < -0.4 is 14.8 Å². The maximum atomic E-state index is 12.5. The van der Waals surface area contributed by atoms with Crippen LogP contribution in [0.1, 0.15) is 27.0 Å². The number of aromatic carboxylic acids is 1. The molecular formula is C26H22N2O5. The number of carboxylic acid groups (broad SMARTS) is 1. The lowest BCUT2D eigenvalue weighted by molar-refractivity contribution is -0.112. The highest BCUT2D eigenvalue weighted by molar-refractivity contribution is 6.09. The van der Waals surface area contributed by atoms with Gasteiger partial charge in [-0.25, -0.2) is 4.79 Å². The first-order valence-corrected chi connectivity index (χ1v) is 10.0. The number of anilines is 1. The van der Waals surface area contributed by atoms with E-state index in [9.17, 15) is 14.9 Å². The maximum Gasteiger partial charge on any atom is 0.335 e. The molecule has 0 saturated carbocycles. The van der Waals surface area contributed by atoms with Gasteiger partial charge in [0.05, 0.1) is 12.7 Å². The fraction of sp³-hybridized carbons (Fsp3) is 0.115. The molecule has 0 fully saturated rings. The summed E-state index contributed by atoms with van der Waals surface area (Å²) in [5, 5.41) is 21.3. The van der Waals surface area contributed by atoms with Crippen molar-refractivity contribution >= 4 is 23.6 Å². The molecule has 0 radical (unpaired) electrons. The number of carbonyl (C=O) groups is 2. The summed E-state index contributed by atoms with van der Waals surface area (Å²) < 4.78 is 11.2. The third-order valence-corrected chi connectivity index (χ3v) is 4.74. The van der Waals surface area contributed by atoms with Crippen LogP contribution in [0.15, 0.2) is 72.3 Å². The van der Waals surface area contributed by atoms with Crippen LogP contribution in [0, 0.1) is 18.3 Å². The Labute approximate surface area is 191 Å². The van der Waals surface area contributed by atoms with Gasteiger partial charge in [0.15, 0.2) is 11.5 Å². The summed E-state index contributed by atoms with van der Waals surface area (Å²) in [6.07, 6.45) is 1.46. The molecule has 0 bridgehead atoms. The molecule has 0 aliphatic heterocycles. The number of methoxy groups -OCH3 is 1. The van der Waals surface area contributed by atoms with Crippen LogP contribution >= 0.6 is 0 Å². The van der Waals surface area contributed by atoms with Crippen molar-refractivity contribution in [1.29, 1.82) is 5.26 Å². The standard InChI is InChI=1S/C26H22N2O5/c1-17-6-9-22(10-7-17)28-25(29)21(15-27)12-18-8-11-23(24(14-18)32-2)33-16-19-4-3-5-20(13-19)26(30)31/h3-14H,16H2,1-2H3,(H,28,29)(H,30,31)/b21-12-. The zero-order valence-electron chi connectivity index (χ0n) is 18.2. The highest BCUT2D eigenvalue weighted by atomic mass is 16.5. The molecule has 0 aliphatic rings. The quantitative estimate of drug-likeness (QED) is 0.382. The zero-order valence-corrected chi connectivity index (χ0v) is 18.2. The Morgan fingerprint density at radius 3 is 2.48 bits per heavy atom. The first-order chi connectivity index (χ1) is 15.9. The van der Waals surface area contributed by atoms with E-state index in [1.165, 1.54) is 25.3 Å². The van der Waals surface area contributed by atoms with Gasteiger partial charge in [0.2, 0.25) is 0 Å². The summed E-state index contributed by atoms with van der Waals surface area (Å²) in [6.45, 7) is 2.09. The first kappa shape index (κ1) is 23.1. The lowest BCUT2D eigenvalue weighted by atomic mass is 10.1. The SMILES string of the molecule is COc1cc(/C=C(/C#N)C(=O)Nc2ccc(C)cc2)ccc1OCc1cccc(C(=O)O)c1. The van der Waals surface area contributed by atoms with E-state index < -0.39 is 11.9 Å². The number of carboxylic acids is 1. The minimum atomic E-state index is -1.01. The van der Waals surface area contributed by atoms with E-state index in [4.69, 9.17) is 14.6 Å². The Bertz CT molecular complexity index is 1240. The topological polar surface area (TPSA) is 109 Å². The normalized spacial score (nSPS) is 10.8. The van der Waals surface area contributed by atoms with Gasteiger partial charge in [-0.1, -0.05) is 35.9 Å². The van der Waals surface area contributed by atoms with E-state index in [0.29, 0.717) is 28.3 Å². The van der Waals surface area contributed by atoms with E-state index in [2.05, 4.69) is 5.32 Å². The molecular weight excluding hydrogens is 420 g/mol. The molecule has 7 heteroatoms. The molecule has 1 amide bonds. The number of nitrogens with one attached hydrogen (secondary N) is 1. The summed E-state index contributed by atoms with van der Waals surface area (Å²) in [7, 11) is 1.48. The lowest BCUT2D eigenvalue weighted by Gasteiger charge is -2.12. The second kappa shape index (κ2) is 10.6. The Morgan fingerprint density at radius 1 is 1.06 bits per heavy atom. The third kappa shape index (κ3) is 6.21. The number of rotatable bonds is 8. The number of nitrogens with zero attached hydrogens (tertiary/aromatic N) is 1. The van der Waals surface area contributed by atoms with Crippen molar-refractivity contribution in [2.75, 3.05) is 12.4 Å². The van der Waals surface area contributed by atoms with Crippen LogP contribution in [-0.4, -0.2) is 24.1 Å². The number of ether oxygens (including phenoxy) is 2. The summed E-state index contributed by atoms with van der Waals surface area (Å²) in [5.41, 5.74) is 3.06. The number of nitriles is 1. The summed E-state index contributed by atoms with van der Waals surface area (Å²) in [6, 6.07) is 20.7. The van der Waals surface area contributed by atoms with Gasteiger partial charge >= 0.3 is 5.97 Å². The van der Waals surface area contributed by atoms with E-state index in [1.807, 2.05) is 25.1 Å². The van der Waals surface area contributed by atoms with Crippen molar-refractivity contribution in [2.45, 2.75) is 13.5 Å².